The number of carbonyl (C=O) groups excluding carboxylic acids is 2. The summed E-state index contributed by atoms with van der Waals surface area (Å²) in [6.07, 6.45) is 6.85. The Kier molecular flexibility index (Phi) is 9.17. The van der Waals surface area contributed by atoms with E-state index in [1.807, 2.05) is 55.9 Å². The normalized spacial score (nSPS) is 18.9. The van der Waals surface area contributed by atoms with Gasteiger partial charge in [0.2, 0.25) is 11.8 Å². The first-order chi connectivity index (χ1) is 19.0. The smallest absolute Gasteiger partial charge is 0.358 e. The zero-order chi connectivity index (χ0) is 29.0. The maximum absolute atomic E-state index is 13.7. The van der Waals surface area contributed by atoms with Gasteiger partial charge >= 0.3 is 12.0 Å². The summed E-state index contributed by atoms with van der Waals surface area (Å²) >= 11 is 0. The highest BCUT2D eigenvalue weighted by Gasteiger charge is 2.30. The Morgan fingerprint density at radius 3 is 2.60 bits per heavy atom. The van der Waals surface area contributed by atoms with E-state index in [4.69, 9.17) is 4.42 Å². The van der Waals surface area contributed by atoms with E-state index in [0.29, 0.717) is 18.8 Å². The van der Waals surface area contributed by atoms with Gasteiger partial charge in [0.25, 0.3) is 0 Å². The summed E-state index contributed by atoms with van der Waals surface area (Å²) in [4.78, 5) is 42.5. The van der Waals surface area contributed by atoms with Crippen LogP contribution in [0.5, 0.6) is 0 Å². The van der Waals surface area contributed by atoms with E-state index < -0.39 is 18.1 Å². The number of aromatic nitrogens is 2. The molecule has 0 bridgehead atoms. The highest BCUT2D eigenvalue weighted by Crippen LogP contribution is 2.27. The number of nitrogens with one attached hydrogen (secondary N) is 3. The van der Waals surface area contributed by atoms with E-state index in [1.54, 1.807) is 0 Å². The van der Waals surface area contributed by atoms with Crippen LogP contribution in [-0.2, 0) is 18.3 Å². The molecule has 4 rings (SSSR count). The molecule has 0 radical (unpaired) electrons. The Bertz CT molecular complexity index is 1360. The lowest BCUT2D eigenvalue weighted by Crippen LogP contribution is -2.53. The summed E-state index contributed by atoms with van der Waals surface area (Å²) in [6.45, 7) is 7.72. The topological polar surface area (TPSA) is 138 Å². The number of hydrogen-bond donors (Lipinski definition) is 4. The van der Waals surface area contributed by atoms with Gasteiger partial charge in [0.1, 0.15) is 17.8 Å². The van der Waals surface area contributed by atoms with E-state index >= 15 is 0 Å². The predicted molar refractivity (Wildman–Crippen MR) is 152 cm³/mol. The summed E-state index contributed by atoms with van der Waals surface area (Å²) < 4.78 is 7.78. The largest absolute Gasteiger partial charge is 0.476 e. The van der Waals surface area contributed by atoms with Crippen molar-refractivity contribution in [1.82, 2.24) is 25.5 Å². The summed E-state index contributed by atoms with van der Waals surface area (Å²) in [5, 5.41) is 19.5. The zero-order valence-corrected chi connectivity index (χ0v) is 24.0. The average Bonchev–Trinajstić information content (AvgIpc) is 3.43. The van der Waals surface area contributed by atoms with E-state index in [2.05, 4.69) is 27.9 Å². The third-order valence-corrected chi connectivity index (χ3v) is 7.63. The molecule has 4 atom stereocenters. The van der Waals surface area contributed by atoms with E-state index in [0.717, 1.165) is 35.7 Å². The van der Waals surface area contributed by atoms with Gasteiger partial charge in [0.15, 0.2) is 5.69 Å². The Morgan fingerprint density at radius 1 is 1.18 bits per heavy atom. The highest BCUT2D eigenvalue weighted by molar-refractivity contribution is 5.88. The molecule has 2 aromatic heterocycles. The fourth-order valence-electron chi connectivity index (χ4n) is 5.70. The number of benzene rings is 1. The van der Waals surface area contributed by atoms with Gasteiger partial charge in [0, 0.05) is 36.6 Å². The monoisotopic (exact) mass is 551 g/mol. The van der Waals surface area contributed by atoms with Crippen molar-refractivity contribution >= 4 is 28.8 Å². The quantitative estimate of drug-likeness (QED) is 0.284. The maximum Gasteiger partial charge on any atom is 0.358 e. The summed E-state index contributed by atoms with van der Waals surface area (Å²) in [6, 6.07) is 6.13. The van der Waals surface area contributed by atoms with Crippen molar-refractivity contribution in [2.75, 3.05) is 0 Å². The zero-order valence-electron chi connectivity index (χ0n) is 24.0. The van der Waals surface area contributed by atoms with Crippen LogP contribution in [0.4, 0.5) is 4.79 Å². The maximum atomic E-state index is 13.7. The van der Waals surface area contributed by atoms with Crippen LogP contribution in [0.1, 0.15) is 86.6 Å². The molecule has 10 heteroatoms. The van der Waals surface area contributed by atoms with Gasteiger partial charge in [-0.25, -0.2) is 14.6 Å². The van der Waals surface area contributed by atoms with Crippen molar-refractivity contribution in [3.8, 4) is 0 Å². The first-order valence-corrected chi connectivity index (χ1v) is 14.1. The molecule has 1 aromatic carbocycles. The van der Waals surface area contributed by atoms with Crippen molar-refractivity contribution < 1.29 is 23.9 Å². The van der Waals surface area contributed by atoms with Gasteiger partial charge in [0.05, 0.1) is 0 Å². The minimum atomic E-state index is -1.20. The first-order valence-electron chi connectivity index (χ1n) is 14.1. The number of carboxylic acid groups (broad SMARTS) is 1. The molecule has 1 saturated carbocycles. The van der Waals surface area contributed by atoms with Gasteiger partial charge in [-0.2, -0.15) is 0 Å². The van der Waals surface area contributed by atoms with Crippen LogP contribution in [0.25, 0.3) is 10.9 Å². The third kappa shape index (κ3) is 7.03. The third-order valence-electron chi connectivity index (χ3n) is 7.63. The van der Waals surface area contributed by atoms with Crippen LogP contribution in [0, 0.1) is 18.8 Å². The highest BCUT2D eigenvalue weighted by atomic mass is 16.4. The number of aromatic carboxylic acids is 1. The molecular weight excluding hydrogens is 510 g/mol. The van der Waals surface area contributed by atoms with E-state index in [9.17, 15) is 19.5 Å². The number of amides is 3. The molecule has 2 heterocycles. The van der Waals surface area contributed by atoms with Crippen LogP contribution >= 0.6 is 0 Å². The Balaban J connectivity index is 1.57. The molecule has 10 nitrogen and oxygen atoms in total. The summed E-state index contributed by atoms with van der Waals surface area (Å²) in [5.74, 6) is -0.596. The number of urea groups is 1. The standard InChI is InChI=1S/C30H41N5O5/c1-17(2)13-23(33-30(39)31-21-10-8-9-18(3)14-21)27(36)32-24(28-34-26(29(37)38)19(4)40-28)15-20-16-35(5)25-12-7-6-11-22(20)25/h6-7,11-12,16-18,21,23-24H,8-10,13-15H2,1-5H3,(H,32,36)(H,37,38)(H2,31,33,39)/t18?,21?,23-,24+/m0/s1. The SMILES string of the molecule is Cc1oc([C@@H](Cc2cn(C)c3ccccc23)NC(=O)[C@H](CC(C)C)NC(=O)NC2CCCC(C)C2)nc1C(=O)O. The van der Waals surface area contributed by atoms with Crippen molar-refractivity contribution in [3.05, 3.63) is 53.4 Å². The van der Waals surface area contributed by atoms with Crippen molar-refractivity contribution in [3.63, 3.8) is 0 Å². The van der Waals surface area contributed by atoms with Crippen molar-refractivity contribution in [2.45, 2.75) is 84.3 Å². The fraction of sp³-hybridized carbons (Fsp3) is 0.533. The number of nitrogens with zero attached hydrogens (tertiary/aromatic N) is 2. The molecule has 3 amide bonds. The molecule has 3 aromatic rings. The molecule has 4 N–H and O–H groups in total. The summed E-state index contributed by atoms with van der Waals surface area (Å²) in [7, 11) is 1.95. The average molecular weight is 552 g/mol. The van der Waals surface area contributed by atoms with Gasteiger partial charge in [-0.15, -0.1) is 0 Å². The van der Waals surface area contributed by atoms with Crippen LogP contribution in [0.3, 0.4) is 0 Å². The molecule has 0 saturated heterocycles. The lowest BCUT2D eigenvalue weighted by molar-refractivity contribution is -0.124. The predicted octanol–water partition coefficient (Wildman–Crippen LogP) is 4.87. The van der Waals surface area contributed by atoms with Crippen LogP contribution in [0.2, 0.25) is 0 Å². The second-order valence-electron chi connectivity index (χ2n) is 11.6. The van der Waals surface area contributed by atoms with Crippen molar-refractivity contribution in [1.29, 1.82) is 0 Å². The number of carbonyl (C=O) groups is 3. The molecule has 1 fully saturated rings. The number of para-hydroxylation sites is 1. The number of carboxylic acids is 1. The van der Waals surface area contributed by atoms with E-state index in [1.165, 1.54) is 13.3 Å². The minimum absolute atomic E-state index is 0.0929. The molecule has 2 unspecified atom stereocenters. The lowest BCUT2D eigenvalue weighted by Gasteiger charge is -2.29. The second kappa shape index (κ2) is 12.6. The van der Waals surface area contributed by atoms with Crippen LogP contribution < -0.4 is 16.0 Å². The molecule has 1 aliphatic rings. The van der Waals surface area contributed by atoms with E-state index in [-0.39, 0.29) is 41.2 Å². The molecule has 0 aliphatic heterocycles. The number of rotatable bonds is 10. The second-order valence-corrected chi connectivity index (χ2v) is 11.6. The minimum Gasteiger partial charge on any atom is -0.476 e. The Labute approximate surface area is 234 Å². The number of hydrogen-bond acceptors (Lipinski definition) is 5. The number of oxazole rings is 1. The Hall–Kier alpha value is -3.82. The fourth-order valence-corrected chi connectivity index (χ4v) is 5.70. The first kappa shape index (κ1) is 29.2. The van der Waals surface area contributed by atoms with Gasteiger partial charge < -0.3 is 30.0 Å². The molecule has 0 spiro atoms. The molecular formula is C30H41N5O5. The van der Waals surface area contributed by atoms with Crippen molar-refractivity contribution in [2.24, 2.45) is 18.9 Å². The molecule has 216 valence electrons. The summed E-state index contributed by atoms with van der Waals surface area (Å²) in [5.41, 5.74) is 1.80. The van der Waals surface area contributed by atoms with Crippen LogP contribution in [-0.4, -0.2) is 44.6 Å². The molecule has 1 aliphatic carbocycles. The Morgan fingerprint density at radius 2 is 1.93 bits per heavy atom. The van der Waals surface area contributed by atoms with Gasteiger partial charge in [-0.3, -0.25) is 4.79 Å². The molecule has 40 heavy (non-hydrogen) atoms. The number of fused-ring (bicyclic) bond motifs is 1. The van der Waals surface area contributed by atoms with Crippen LogP contribution in [0.15, 0.2) is 34.9 Å². The van der Waals surface area contributed by atoms with Gasteiger partial charge in [-0.1, -0.05) is 51.8 Å². The number of aryl methyl sites for hydroxylation is 2. The van der Waals surface area contributed by atoms with Gasteiger partial charge in [-0.05, 0) is 49.7 Å². The lowest BCUT2D eigenvalue weighted by atomic mass is 9.87.